The summed E-state index contributed by atoms with van der Waals surface area (Å²) in [5.74, 6) is 0.543. The molecule has 0 unspecified atom stereocenters. The van der Waals surface area contributed by atoms with Crippen molar-refractivity contribution in [2.75, 3.05) is 5.32 Å². The van der Waals surface area contributed by atoms with Gasteiger partial charge in [0.2, 0.25) is 5.91 Å². The Morgan fingerprint density at radius 3 is 2.73 bits per heavy atom. The van der Waals surface area contributed by atoms with Crippen molar-refractivity contribution in [3.63, 3.8) is 0 Å². The third-order valence-electron chi connectivity index (χ3n) is 6.09. The van der Waals surface area contributed by atoms with Gasteiger partial charge in [-0.15, -0.1) is 0 Å². The van der Waals surface area contributed by atoms with Crippen LogP contribution in [0.25, 0.3) is 56.1 Å². The summed E-state index contributed by atoms with van der Waals surface area (Å²) < 4.78 is 0. The van der Waals surface area contributed by atoms with E-state index in [0.717, 1.165) is 40.6 Å². The first-order valence-corrected chi connectivity index (χ1v) is 12.1. The fraction of sp³-hybridized carbons (Fsp3) is 0.148. The number of amides is 1. The number of imidazole rings is 1. The Bertz CT molecular complexity index is 1720. The smallest absolute Gasteiger partial charge is 0.224 e. The van der Waals surface area contributed by atoms with Gasteiger partial charge in [0.1, 0.15) is 5.52 Å². The summed E-state index contributed by atoms with van der Waals surface area (Å²) in [6, 6.07) is 11.5. The molecule has 10 heteroatoms. The van der Waals surface area contributed by atoms with E-state index in [1.807, 2.05) is 36.4 Å². The highest BCUT2D eigenvalue weighted by atomic mass is 16.1. The number of aromatic amines is 2. The van der Waals surface area contributed by atoms with Crippen molar-refractivity contribution in [2.24, 2.45) is 0 Å². The van der Waals surface area contributed by atoms with Crippen LogP contribution in [0.2, 0.25) is 0 Å². The molecule has 0 aliphatic rings. The van der Waals surface area contributed by atoms with Gasteiger partial charge in [-0.05, 0) is 48.4 Å². The molecule has 6 aromatic heterocycles. The molecule has 0 aliphatic carbocycles. The van der Waals surface area contributed by atoms with Crippen molar-refractivity contribution in [1.82, 2.24) is 40.1 Å². The molecule has 6 heterocycles. The Labute approximate surface area is 211 Å². The lowest BCUT2D eigenvalue weighted by Crippen LogP contribution is -2.11. The molecule has 1 amide bonds. The van der Waals surface area contributed by atoms with Gasteiger partial charge in [-0.1, -0.05) is 13.3 Å². The molecule has 0 saturated heterocycles. The fourth-order valence-corrected chi connectivity index (χ4v) is 4.23. The second kappa shape index (κ2) is 9.57. The Morgan fingerprint density at radius 2 is 1.86 bits per heavy atom. The largest absolute Gasteiger partial charge is 0.335 e. The van der Waals surface area contributed by atoms with E-state index in [1.165, 1.54) is 0 Å². The molecular formula is C27H23N9O. The number of nitrogens with zero attached hydrogens (tertiary/aromatic N) is 6. The van der Waals surface area contributed by atoms with Crippen LogP contribution < -0.4 is 5.32 Å². The molecule has 37 heavy (non-hydrogen) atoms. The molecule has 182 valence electrons. The molecule has 10 nitrogen and oxygen atoms in total. The van der Waals surface area contributed by atoms with Crippen LogP contribution in [0.3, 0.4) is 0 Å². The highest BCUT2D eigenvalue weighted by Gasteiger charge is 2.17. The molecule has 0 bridgehead atoms. The number of rotatable bonds is 7. The summed E-state index contributed by atoms with van der Waals surface area (Å²) in [5.41, 5.74) is 7.56. The third kappa shape index (κ3) is 4.40. The van der Waals surface area contributed by atoms with Crippen molar-refractivity contribution in [2.45, 2.75) is 26.2 Å². The number of pyridine rings is 4. The zero-order valence-electron chi connectivity index (χ0n) is 20.1. The van der Waals surface area contributed by atoms with E-state index in [9.17, 15) is 4.79 Å². The van der Waals surface area contributed by atoms with Crippen LogP contribution >= 0.6 is 0 Å². The molecule has 0 atom stereocenters. The first-order valence-electron chi connectivity index (χ1n) is 12.1. The second-order valence-corrected chi connectivity index (χ2v) is 8.66. The summed E-state index contributed by atoms with van der Waals surface area (Å²) >= 11 is 0. The Hall–Kier alpha value is -4.99. The number of hydrogen-bond donors (Lipinski definition) is 3. The third-order valence-corrected chi connectivity index (χ3v) is 6.09. The van der Waals surface area contributed by atoms with Gasteiger partial charge >= 0.3 is 0 Å². The van der Waals surface area contributed by atoms with E-state index < -0.39 is 0 Å². The fourth-order valence-electron chi connectivity index (χ4n) is 4.23. The zero-order chi connectivity index (χ0) is 25.2. The van der Waals surface area contributed by atoms with Crippen LogP contribution in [-0.2, 0) is 4.79 Å². The molecule has 3 N–H and O–H groups in total. The van der Waals surface area contributed by atoms with Gasteiger partial charge in [-0.2, -0.15) is 5.10 Å². The Kier molecular flexibility index (Phi) is 5.81. The zero-order valence-corrected chi connectivity index (χ0v) is 20.1. The molecule has 0 radical (unpaired) electrons. The van der Waals surface area contributed by atoms with Crippen LogP contribution in [0.4, 0.5) is 5.69 Å². The molecule has 0 aliphatic heterocycles. The molecule has 0 aromatic carbocycles. The van der Waals surface area contributed by atoms with Gasteiger partial charge in [0.25, 0.3) is 0 Å². The number of unbranched alkanes of at least 4 members (excludes halogenated alkanes) is 1. The number of anilines is 1. The summed E-state index contributed by atoms with van der Waals surface area (Å²) in [4.78, 5) is 38.0. The first-order chi connectivity index (χ1) is 18.2. The average molecular weight is 490 g/mol. The van der Waals surface area contributed by atoms with Crippen molar-refractivity contribution in [1.29, 1.82) is 0 Å². The van der Waals surface area contributed by atoms with Gasteiger partial charge in [0, 0.05) is 42.3 Å². The minimum Gasteiger partial charge on any atom is -0.335 e. The summed E-state index contributed by atoms with van der Waals surface area (Å²) in [7, 11) is 0. The first kappa shape index (κ1) is 22.5. The maximum Gasteiger partial charge on any atom is 0.224 e. The number of H-pyrrole nitrogens is 2. The number of fused-ring (bicyclic) bond motifs is 2. The lowest BCUT2D eigenvalue weighted by molar-refractivity contribution is -0.116. The predicted octanol–water partition coefficient (Wildman–Crippen LogP) is 5.15. The van der Waals surface area contributed by atoms with Crippen LogP contribution in [0.1, 0.15) is 26.2 Å². The molecular weight excluding hydrogens is 466 g/mol. The van der Waals surface area contributed by atoms with Crippen LogP contribution in [0, 0.1) is 0 Å². The van der Waals surface area contributed by atoms with Gasteiger partial charge in [0.05, 0.1) is 28.6 Å². The maximum absolute atomic E-state index is 12.2. The molecule has 0 fully saturated rings. The minimum absolute atomic E-state index is 0.0223. The second-order valence-electron chi connectivity index (χ2n) is 8.66. The van der Waals surface area contributed by atoms with Crippen molar-refractivity contribution < 1.29 is 4.79 Å². The van der Waals surface area contributed by atoms with Crippen LogP contribution in [-0.4, -0.2) is 46.0 Å². The van der Waals surface area contributed by atoms with E-state index in [2.05, 4.69) is 42.4 Å². The Balaban J connectivity index is 1.37. The van der Waals surface area contributed by atoms with E-state index >= 15 is 0 Å². The average Bonchev–Trinajstić information content (AvgIpc) is 3.56. The molecule has 0 spiro atoms. The van der Waals surface area contributed by atoms with Crippen LogP contribution in [0.15, 0.2) is 67.4 Å². The highest BCUT2D eigenvalue weighted by Crippen LogP contribution is 2.31. The summed E-state index contributed by atoms with van der Waals surface area (Å²) in [6.07, 6.45) is 10.9. The Morgan fingerprint density at radius 1 is 0.973 bits per heavy atom. The summed E-state index contributed by atoms with van der Waals surface area (Å²) in [6.45, 7) is 2.06. The number of aromatic nitrogens is 8. The van der Waals surface area contributed by atoms with E-state index in [4.69, 9.17) is 9.97 Å². The standard InChI is InChI=1S/C27H23N9O/c1-2-3-4-22(37)31-18-13-17(14-29-15-18)20-5-6-21-24(32-20)25(36-35-21)27-33-23-19(9-12-30-26(23)34-27)16-7-10-28-11-8-16/h5-15H,2-4H2,1H3,(H,31,37)(H,35,36)(H,30,33,34). The van der Waals surface area contributed by atoms with E-state index in [1.54, 1.807) is 31.0 Å². The van der Waals surface area contributed by atoms with Gasteiger partial charge in [-0.3, -0.25) is 19.9 Å². The van der Waals surface area contributed by atoms with Crippen molar-refractivity contribution in [3.8, 4) is 33.9 Å². The predicted molar refractivity (Wildman–Crippen MR) is 141 cm³/mol. The molecule has 0 saturated carbocycles. The number of carbonyl (C=O) groups excluding carboxylic acids is 1. The molecule has 6 aromatic rings. The number of carbonyl (C=O) groups is 1. The minimum atomic E-state index is -0.0223. The normalized spacial score (nSPS) is 11.3. The SMILES string of the molecule is CCCCC(=O)Nc1cncc(-c2ccc3[nH]nc(-c4nc5nccc(-c6ccncc6)c5[nH]4)c3n2)c1. The van der Waals surface area contributed by atoms with Gasteiger partial charge < -0.3 is 10.3 Å². The van der Waals surface area contributed by atoms with Crippen LogP contribution in [0.5, 0.6) is 0 Å². The maximum atomic E-state index is 12.2. The summed E-state index contributed by atoms with van der Waals surface area (Å²) in [5, 5.41) is 10.4. The van der Waals surface area contributed by atoms with Crippen molar-refractivity contribution in [3.05, 3.63) is 67.4 Å². The monoisotopic (exact) mass is 489 g/mol. The van der Waals surface area contributed by atoms with Crippen molar-refractivity contribution >= 4 is 33.8 Å². The van der Waals surface area contributed by atoms with E-state index in [0.29, 0.717) is 40.5 Å². The number of hydrogen-bond acceptors (Lipinski definition) is 7. The number of nitrogens with one attached hydrogen (secondary N) is 3. The lowest BCUT2D eigenvalue weighted by atomic mass is 10.1. The van der Waals surface area contributed by atoms with Gasteiger partial charge in [-0.25, -0.2) is 15.0 Å². The van der Waals surface area contributed by atoms with E-state index in [-0.39, 0.29) is 5.91 Å². The molecule has 6 rings (SSSR count). The highest BCUT2D eigenvalue weighted by molar-refractivity contribution is 5.95. The topological polar surface area (TPSA) is 138 Å². The quantitative estimate of drug-likeness (QED) is 0.282. The lowest BCUT2D eigenvalue weighted by Gasteiger charge is -2.07. The van der Waals surface area contributed by atoms with Gasteiger partial charge in [0.15, 0.2) is 17.2 Å².